The molecule has 0 radical (unpaired) electrons. The van der Waals surface area contributed by atoms with Gasteiger partial charge in [-0.2, -0.15) is 0 Å². The molecule has 1 aliphatic rings. The molecule has 0 unspecified atom stereocenters. The predicted molar refractivity (Wildman–Crippen MR) is 119 cm³/mol. The topological polar surface area (TPSA) is 24.5 Å². The number of rotatable bonds is 8. The van der Waals surface area contributed by atoms with Crippen molar-refractivity contribution in [3.63, 3.8) is 0 Å². The molecule has 0 saturated carbocycles. The van der Waals surface area contributed by atoms with Gasteiger partial charge < -0.3 is 15.0 Å². The lowest BCUT2D eigenvalue weighted by Gasteiger charge is -2.39. The number of nitrogens with zero attached hydrogens (tertiary/aromatic N) is 1. The summed E-state index contributed by atoms with van der Waals surface area (Å²) < 4.78 is 5.97. The fourth-order valence-corrected chi connectivity index (χ4v) is 4.40. The molecular formula is C25H36N2O. The van der Waals surface area contributed by atoms with Gasteiger partial charge in [0, 0.05) is 32.9 Å². The lowest BCUT2D eigenvalue weighted by atomic mass is 9.75. The summed E-state index contributed by atoms with van der Waals surface area (Å²) in [6.07, 6.45) is 3.47. The van der Waals surface area contributed by atoms with Gasteiger partial charge in [-0.25, -0.2) is 0 Å². The van der Waals surface area contributed by atoms with E-state index in [-0.39, 0.29) is 5.60 Å². The quantitative estimate of drug-likeness (QED) is 0.635. The van der Waals surface area contributed by atoms with Crippen molar-refractivity contribution in [1.82, 2.24) is 5.32 Å². The highest BCUT2D eigenvalue weighted by molar-refractivity contribution is 5.45. The lowest BCUT2D eigenvalue weighted by molar-refractivity contribution is -0.0771. The van der Waals surface area contributed by atoms with Gasteiger partial charge in [0.25, 0.3) is 0 Å². The second-order valence-corrected chi connectivity index (χ2v) is 8.90. The predicted octanol–water partition coefficient (Wildman–Crippen LogP) is 5.22. The van der Waals surface area contributed by atoms with Crippen LogP contribution in [0.4, 0.5) is 5.69 Å². The van der Waals surface area contributed by atoms with Crippen molar-refractivity contribution in [2.45, 2.75) is 51.2 Å². The smallest absolute Gasteiger partial charge is 0.0629 e. The van der Waals surface area contributed by atoms with Gasteiger partial charge in [0.15, 0.2) is 0 Å². The van der Waals surface area contributed by atoms with Crippen LogP contribution in [0.25, 0.3) is 0 Å². The van der Waals surface area contributed by atoms with Crippen molar-refractivity contribution in [1.29, 1.82) is 0 Å². The van der Waals surface area contributed by atoms with Gasteiger partial charge in [-0.15, -0.1) is 0 Å². The summed E-state index contributed by atoms with van der Waals surface area (Å²) in [5.74, 6) is 1.28. The van der Waals surface area contributed by atoms with Crippen LogP contribution in [0.1, 0.15) is 50.2 Å². The van der Waals surface area contributed by atoms with Crippen LogP contribution in [0.3, 0.4) is 0 Å². The molecule has 2 atom stereocenters. The Morgan fingerprint density at radius 1 is 1.07 bits per heavy atom. The monoisotopic (exact) mass is 380 g/mol. The standard InChI is InChI=1S/C25H36N2O/c1-25(2)18-22(15-17-28-25)24(21-8-6-5-7-9-21)14-16-26-19-20-10-12-23(13-11-20)27(3)4/h5-13,22,24,26H,14-19H2,1-4H3/t22-,24+/m1/s1. The molecule has 2 aromatic rings. The SMILES string of the molecule is CN(C)c1ccc(CNCC[C@@H](c2ccccc2)[C@@H]2CCOC(C)(C)C2)cc1. The van der Waals surface area contributed by atoms with E-state index >= 15 is 0 Å². The van der Waals surface area contributed by atoms with Gasteiger partial charge in [-0.3, -0.25) is 0 Å². The Hall–Kier alpha value is -1.84. The number of hydrogen-bond donors (Lipinski definition) is 1. The first kappa shape index (κ1) is 20.9. The zero-order valence-corrected chi connectivity index (χ0v) is 17.9. The minimum absolute atomic E-state index is 0.00242. The van der Waals surface area contributed by atoms with Crippen LogP contribution >= 0.6 is 0 Å². The summed E-state index contributed by atoms with van der Waals surface area (Å²) in [5.41, 5.74) is 4.06. The number of nitrogens with one attached hydrogen (secondary N) is 1. The minimum Gasteiger partial charge on any atom is -0.378 e. The third-order valence-electron chi connectivity index (χ3n) is 5.95. The van der Waals surface area contributed by atoms with Crippen LogP contribution in [0.5, 0.6) is 0 Å². The van der Waals surface area contributed by atoms with Gasteiger partial charge in [0.2, 0.25) is 0 Å². The van der Waals surface area contributed by atoms with Crippen LogP contribution in [0, 0.1) is 5.92 Å². The average molecular weight is 381 g/mol. The van der Waals surface area contributed by atoms with E-state index in [4.69, 9.17) is 4.74 Å². The molecule has 3 heteroatoms. The molecule has 1 fully saturated rings. The average Bonchev–Trinajstić information content (AvgIpc) is 2.68. The van der Waals surface area contributed by atoms with E-state index in [9.17, 15) is 0 Å². The highest BCUT2D eigenvalue weighted by atomic mass is 16.5. The van der Waals surface area contributed by atoms with E-state index < -0.39 is 0 Å². The molecule has 3 nitrogen and oxygen atoms in total. The largest absolute Gasteiger partial charge is 0.378 e. The van der Waals surface area contributed by atoms with E-state index in [0.717, 1.165) is 32.5 Å². The first-order chi connectivity index (χ1) is 13.4. The number of benzene rings is 2. The van der Waals surface area contributed by atoms with E-state index in [0.29, 0.717) is 11.8 Å². The number of hydrogen-bond acceptors (Lipinski definition) is 3. The van der Waals surface area contributed by atoms with Crippen molar-refractivity contribution in [3.8, 4) is 0 Å². The van der Waals surface area contributed by atoms with E-state index in [1.54, 1.807) is 0 Å². The molecule has 1 aliphatic heterocycles. The van der Waals surface area contributed by atoms with E-state index in [1.807, 2.05) is 0 Å². The summed E-state index contributed by atoms with van der Waals surface area (Å²) in [6, 6.07) is 19.9. The molecule has 1 N–H and O–H groups in total. The zero-order valence-electron chi connectivity index (χ0n) is 17.9. The summed E-state index contributed by atoms with van der Waals surface area (Å²) in [4.78, 5) is 2.14. The van der Waals surface area contributed by atoms with Crippen molar-refractivity contribution < 1.29 is 4.74 Å². The van der Waals surface area contributed by atoms with Crippen molar-refractivity contribution in [2.75, 3.05) is 32.1 Å². The maximum absolute atomic E-state index is 5.97. The highest BCUT2D eigenvalue weighted by Gasteiger charge is 2.33. The minimum atomic E-state index is -0.00242. The molecule has 3 rings (SSSR count). The Kier molecular flexibility index (Phi) is 7.14. The zero-order chi connectivity index (χ0) is 20.0. The van der Waals surface area contributed by atoms with Crippen LogP contribution in [-0.4, -0.2) is 32.8 Å². The van der Waals surface area contributed by atoms with Crippen molar-refractivity contribution in [2.24, 2.45) is 5.92 Å². The summed E-state index contributed by atoms with van der Waals surface area (Å²) in [6.45, 7) is 7.31. The molecule has 2 aromatic carbocycles. The Morgan fingerprint density at radius 2 is 1.79 bits per heavy atom. The lowest BCUT2D eigenvalue weighted by Crippen LogP contribution is -2.36. The molecule has 0 bridgehead atoms. The molecule has 0 amide bonds. The van der Waals surface area contributed by atoms with Crippen molar-refractivity contribution in [3.05, 3.63) is 65.7 Å². The normalized spacial score (nSPS) is 19.9. The summed E-state index contributed by atoms with van der Waals surface area (Å²) >= 11 is 0. The number of anilines is 1. The maximum atomic E-state index is 5.97. The van der Waals surface area contributed by atoms with E-state index in [1.165, 1.54) is 23.2 Å². The van der Waals surface area contributed by atoms with Crippen molar-refractivity contribution >= 4 is 5.69 Å². The van der Waals surface area contributed by atoms with Gasteiger partial charge >= 0.3 is 0 Å². The molecule has 28 heavy (non-hydrogen) atoms. The Bertz CT molecular complexity index is 709. The first-order valence-corrected chi connectivity index (χ1v) is 10.6. The van der Waals surface area contributed by atoms with Gasteiger partial charge in [0.05, 0.1) is 5.60 Å². The maximum Gasteiger partial charge on any atom is 0.0629 e. The Morgan fingerprint density at radius 3 is 2.43 bits per heavy atom. The molecule has 152 valence electrons. The molecule has 0 aliphatic carbocycles. The van der Waals surface area contributed by atoms with Gasteiger partial charge in [0.1, 0.15) is 0 Å². The molecule has 1 heterocycles. The third-order valence-corrected chi connectivity index (χ3v) is 5.95. The van der Waals surface area contributed by atoms with Gasteiger partial charge in [-0.1, -0.05) is 42.5 Å². The first-order valence-electron chi connectivity index (χ1n) is 10.6. The molecule has 0 spiro atoms. The van der Waals surface area contributed by atoms with Crippen LogP contribution in [0.2, 0.25) is 0 Å². The van der Waals surface area contributed by atoms with Crippen LogP contribution in [-0.2, 0) is 11.3 Å². The molecular weight excluding hydrogens is 344 g/mol. The highest BCUT2D eigenvalue weighted by Crippen LogP contribution is 2.39. The fraction of sp³-hybridized carbons (Fsp3) is 0.520. The summed E-state index contributed by atoms with van der Waals surface area (Å²) in [7, 11) is 4.16. The number of ether oxygens (including phenoxy) is 1. The van der Waals surface area contributed by atoms with E-state index in [2.05, 4.69) is 92.8 Å². The third kappa shape index (κ3) is 5.83. The van der Waals surface area contributed by atoms with Crippen LogP contribution < -0.4 is 10.2 Å². The molecule has 1 saturated heterocycles. The van der Waals surface area contributed by atoms with Crippen LogP contribution in [0.15, 0.2) is 54.6 Å². The Labute approximate surface area is 171 Å². The Balaban J connectivity index is 1.57. The summed E-state index contributed by atoms with van der Waals surface area (Å²) in [5, 5.41) is 3.67. The van der Waals surface area contributed by atoms with Gasteiger partial charge in [-0.05, 0) is 74.8 Å². The molecule has 0 aromatic heterocycles. The second kappa shape index (κ2) is 9.58. The second-order valence-electron chi connectivity index (χ2n) is 8.90. The fourth-order valence-electron chi connectivity index (χ4n) is 4.40.